The molecular weight excluding hydrogens is 366 g/mol. The van der Waals surface area contributed by atoms with Crippen LogP contribution in [-0.4, -0.2) is 23.2 Å². The highest BCUT2D eigenvalue weighted by molar-refractivity contribution is 8.00. The number of amides is 1. The second-order valence-electron chi connectivity index (χ2n) is 5.72. The molecule has 0 atom stereocenters. The summed E-state index contributed by atoms with van der Waals surface area (Å²) >= 11 is 3.01. The summed E-state index contributed by atoms with van der Waals surface area (Å²) in [6.45, 7) is 2.08. The van der Waals surface area contributed by atoms with E-state index in [2.05, 4.69) is 46.7 Å². The normalized spacial score (nSPS) is 10.5. The molecule has 0 aliphatic rings. The lowest BCUT2D eigenvalue weighted by atomic mass is 10.1. The highest BCUT2D eigenvalue weighted by Gasteiger charge is 2.10. The zero-order valence-electron chi connectivity index (χ0n) is 14.6. The van der Waals surface area contributed by atoms with Crippen molar-refractivity contribution in [3.8, 4) is 5.75 Å². The highest BCUT2D eigenvalue weighted by Crippen LogP contribution is 2.28. The van der Waals surface area contributed by atoms with Crippen molar-refractivity contribution in [2.75, 3.05) is 12.4 Å². The van der Waals surface area contributed by atoms with Crippen molar-refractivity contribution in [2.24, 2.45) is 0 Å². The van der Waals surface area contributed by atoms with Gasteiger partial charge in [0, 0.05) is 5.75 Å². The number of ether oxygens (including phenoxy) is 1. The third kappa shape index (κ3) is 5.31. The van der Waals surface area contributed by atoms with Crippen LogP contribution in [0.1, 0.15) is 16.7 Å². The third-order valence-electron chi connectivity index (χ3n) is 3.62. The van der Waals surface area contributed by atoms with Crippen LogP contribution in [0, 0.1) is 6.92 Å². The Balaban J connectivity index is 1.51. The lowest BCUT2D eigenvalue weighted by Crippen LogP contribution is -2.14. The number of carbonyl (C=O) groups excluding carboxylic acids is 1. The van der Waals surface area contributed by atoms with Gasteiger partial charge in [-0.1, -0.05) is 65.1 Å². The molecule has 3 aromatic rings. The van der Waals surface area contributed by atoms with Crippen molar-refractivity contribution in [3.05, 3.63) is 65.2 Å². The van der Waals surface area contributed by atoms with E-state index in [1.807, 2.05) is 24.3 Å². The number of hydrogen-bond acceptors (Lipinski definition) is 6. The van der Waals surface area contributed by atoms with Crippen LogP contribution in [0.5, 0.6) is 5.75 Å². The topological polar surface area (TPSA) is 64.1 Å². The van der Waals surface area contributed by atoms with E-state index in [4.69, 9.17) is 4.74 Å². The zero-order valence-corrected chi connectivity index (χ0v) is 16.2. The molecule has 0 saturated heterocycles. The lowest BCUT2D eigenvalue weighted by molar-refractivity contribution is -0.115. The fourth-order valence-corrected chi connectivity index (χ4v) is 4.07. The lowest BCUT2D eigenvalue weighted by Gasteiger charge is -2.03. The minimum Gasteiger partial charge on any atom is -0.497 e. The number of aromatic nitrogens is 2. The largest absolute Gasteiger partial charge is 0.497 e. The van der Waals surface area contributed by atoms with Crippen molar-refractivity contribution in [2.45, 2.75) is 23.4 Å². The average Bonchev–Trinajstić information content (AvgIpc) is 3.08. The van der Waals surface area contributed by atoms with E-state index in [1.54, 1.807) is 18.9 Å². The summed E-state index contributed by atoms with van der Waals surface area (Å²) in [6.07, 6.45) is 0.287. The number of benzene rings is 2. The molecule has 1 amide bonds. The van der Waals surface area contributed by atoms with Gasteiger partial charge in [0.2, 0.25) is 11.0 Å². The summed E-state index contributed by atoms with van der Waals surface area (Å²) in [6, 6.07) is 15.8. The number of nitrogens with zero attached hydrogens (tertiary/aromatic N) is 2. The summed E-state index contributed by atoms with van der Waals surface area (Å²) in [5.74, 6) is 1.49. The van der Waals surface area contributed by atoms with Gasteiger partial charge in [-0.3, -0.25) is 4.79 Å². The van der Waals surface area contributed by atoms with E-state index in [0.717, 1.165) is 21.4 Å². The predicted molar refractivity (Wildman–Crippen MR) is 106 cm³/mol. The van der Waals surface area contributed by atoms with Gasteiger partial charge in [0.1, 0.15) is 5.75 Å². The van der Waals surface area contributed by atoms with Gasteiger partial charge in [0.25, 0.3) is 0 Å². The van der Waals surface area contributed by atoms with Crippen molar-refractivity contribution >= 4 is 34.1 Å². The van der Waals surface area contributed by atoms with Crippen LogP contribution in [0.25, 0.3) is 0 Å². The second kappa shape index (κ2) is 8.82. The Morgan fingerprint density at radius 3 is 2.69 bits per heavy atom. The van der Waals surface area contributed by atoms with Crippen molar-refractivity contribution in [1.82, 2.24) is 10.2 Å². The molecule has 1 heterocycles. The van der Waals surface area contributed by atoms with Crippen molar-refractivity contribution < 1.29 is 9.53 Å². The molecule has 0 spiro atoms. The van der Waals surface area contributed by atoms with E-state index in [1.165, 1.54) is 22.5 Å². The minimum absolute atomic E-state index is 0.110. The predicted octanol–water partition coefficient (Wildman–Crippen LogP) is 4.33. The molecule has 0 radical (unpaired) electrons. The number of hydrogen-bond donors (Lipinski definition) is 1. The highest BCUT2D eigenvalue weighted by atomic mass is 32.2. The maximum atomic E-state index is 12.2. The molecule has 2 aromatic carbocycles. The van der Waals surface area contributed by atoms with E-state index < -0.39 is 0 Å². The standard InChI is InChI=1S/C19H19N3O2S2/c1-13-4-3-5-15(10-13)12-25-19-22-21-18(26-19)20-17(23)11-14-6-8-16(24-2)9-7-14/h3-10H,11-12H2,1-2H3,(H,20,21,23). The summed E-state index contributed by atoms with van der Waals surface area (Å²) < 4.78 is 5.95. The van der Waals surface area contributed by atoms with Gasteiger partial charge in [0.15, 0.2) is 4.34 Å². The van der Waals surface area contributed by atoms with Gasteiger partial charge in [-0.2, -0.15) is 0 Å². The summed E-state index contributed by atoms with van der Waals surface area (Å²) in [5, 5.41) is 11.5. The van der Waals surface area contributed by atoms with Crippen LogP contribution >= 0.6 is 23.1 Å². The molecule has 0 bridgehead atoms. The van der Waals surface area contributed by atoms with E-state index >= 15 is 0 Å². The zero-order chi connectivity index (χ0) is 18.4. The Hall–Kier alpha value is -2.38. The quantitative estimate of drug-likeness (QED) is 0.484. The van der Waals surface area contributed by atoms with Crippen LogP contribution in [0.2, 0.25) is 0 Å². The summed E-state index contributed by atoms with van der Waals surface area (Å²) in [4.78, 5) is 12.2. The van der Waals surface area contributed by atoms with Crippen LogP contribution in [-0.2, 0) is 17.0 Å². The summed E-state index contributed by atoms with van der Waals surface area (Å²) in [5.41, 5.74) is 3.41. The van der Waals surface area contributed by atoms with E-state index in [0.29, 0.717) is 5.13 Å². The van der Waals surface area contributed by atoms with Crippen LogP contribution < -0.4 is 10.1 Å². The second-order valence-corrected chi connectivity index (χ2v) is 7.92. The van der Waals surface area contributed by atoms with Gasteiger partial charge in [-0.25, -0.2) is 0 Å². The molecule has 5 nitrogen and oxygen atoms in total. The molecular formula is C19H19N3O2S2. The molecule has 0 saturated carbocycles. The van der Waals surface area contributed by atoms with Crippen molar-refractivity contribution in [3.63, 3.8) is 0 Å². The number of anilines is 1. The number of aryl methyl sites for hydroxylation is 1. The maximum absolute atomic E-state index is 12.2. The van der Waals surface area contributed by atoms with Gasteiger partial charge >= 0.3 is 0 Å². The fourth-order valence-electron chi connectivity index (χ4n) is 2.36. The van der Waals surface area contributed by atoms with Gasteiger partial charge in [-0.05, 0) is 30.2 Å². The number of carbonyl (C=O) groups is 1. The number of thioether (sulfide) groups is 1. The molecule has 7 heteroatoms. The SMILES string of the molecule is COc1ccc(CC(=O)Nc2nnc(SCc3cccc(C)c3)s2)cc1. The van der Waals surface area contributed by atoms with Crippen LogP contribution in [0.3, 0.4) is 0 Å². The van der Waals surface area contributed by atoms with E-state index in [9.17, 15) is 4.79 Å². The first-order chi connectivity index (χ1) is 12.6. The Labute approximate surface area is 160 Å². The van der Waals surface area contributed by atoms with Gasteiger partial charge < -0.3 is 10.1 Å². The molecule has 1 N–H and O–H groups in total. The van der Waals surface area contributed by atoms with Crippen LogP contribution in [0.4, 0.5) is 5.13 Å². The molecule has 0 fully saturated rings. The fraction of sp³-hybridized carbons (Fsp3) is 0.211. The minimum atomic E-state index is -0.110. The molecule has 0 unspecified atom stereocenters. The van der Waals surface area contributed by atoms with E-state index in [-0.39, 0.29) is 12.3 Å². The first kappa shape index (κ1) is 18.4. The number of methoxy groups -OCH3 is 1. The average molecular weight is 386 g/mol. The Morgan fingerprint density at radius 2 is 1.96 bits per heavy atom. The van der Waals surface area contributed by atoms with Gasteiger partial charge in [0.05, 0.1) is 13.5 Å². The van der Waals surface area contributed by atoms with Crippen LogP contribution in [0.15, 0.2) is 52.9 Å². The first-order valence-electron chi connectivity index (χ1n) is 8.07. The molecule has 3 rings (SSSR count). The summed E-state index contributed by atoms with van der Waals surface area (Å²) in [7, 11) is 1.62. The molecule has 0 aliphatic carbocycles. The molecule has 0 aliphatic heterocycles. The molecule has 1 aromatic heterocycles. The number of nitrogens with one attached hydrogen (secondary N) is 1. The third-order valence-corrected chi connectivity index (χ3v) is 5.66. The number of rotatable bonds is 7. The molecule has 134 valence electrons. The first-order valence-corrected chi connectivity index (χ1v) is 9.87. The Morgan fingerprint density at radius 1 is 1.15 bits per heavy atom. The molecule has 26 heavy (non-hydrogen) atoms. The Bertz CT molecular complexity index is 879. The monoisotopic (exact) mass is 385 g/mol. The smallest absolute Gasteiger partial charge is 0.230 e. The Kier molecular flexibility index (Phi) is 6.25. The maximum Gasteiger partial charge on any atom is 0.230 e. The van der Waals surface area contributed by atoms with Crippen molar-refractivity contribution in [1.29, 1.82) is 0 Å². The van der Waals surface area contributed by atoms with Gasteiger partial charge in [-0.15, -0.1) is 10.2 Å².